The van der Waals surface area contributed by atoms with Gasteiger partial charge >= 0.3 is 0 Å². The molecule has 0 heterocycles. The summed E-state index contributed by atoms with van der Waals surface area (Å²) in [5, 5.41) is 10.8. The van der Waals surface area contributed by atoms with Crippen molar-refractivity contribution in [1.29, 1.82) is 0 Å². The lowest BCUT2D eigenvalue weighted by Crippen LogP contribution is -2.43. The maximum atomic E-state index is 10.8. The van der Waals surface area contributed by atoms with E-state index in [2.05, 4.69) is 13.8 Å². The third kappa shape index (κ3) is 1.82. The molecular formula is C13H18N2O2. The highest BCUT2D eigenvalue weighted by atomic mass is 16.6. The molecular weight excluding hydrogens is 216 g/mol. The van der Waals surface area contributed by atoms with E-state index in [1.165, 1.54) is 0 Å². The van der Waals surface area contributed by atoms with E-state index in [1.807, 2.05) is 12.1 Å². The molecule has 1 aliphatic rings. The van der Waals surface area contributed by atoms with E-state index >= 15 is 0 Å². The Morgan fingerprint density at radius 1 is 1.41 bits per heavy atom. The maximum absolute atomic E-state index is 10.8. The number of benzene rings is 1. The van der Waals surface area contributed by atoms with Crippen LogP contribution in [0.3, 0.4) is 0 Å². The van der Waals surface area contributed by atoms with Crippen LogP contribution in [-0.2, 0) is 5.41 Å². The molecule has 1 aliphatic carbocycles. The molecule has 4 nitrogen and oxygen atoms in total. The second-order valence-electron chi connectivity index (χ2n) is 5.54. The second-order valence-corrected chi connectivity index (χ2v) is 5.54. The van der Waals surface area contributed by atoms with Gasteiger partial charge in [-0.2, -0.15) is 0 Å². The fourth-order valence-corrected chi connectivity index (χ4v) is 2.30. The summed E-state index contributed by atoms with van der Waals surface area (Å²) in [6.45, 7) is 6.00. The zero-order valence-corrected chi connectivity index (χ0v) is 10.5. The summed E-state index contributed by atoms with van der Waals surface area (Å²) in [5.41, 5.74) is 7.95. The average Bonchev–Trinajstić information content (AvgIpc) is 2.97. The first-order valence-corrected chi connectivity index (χ1v) is 5.82. The van der Waals surface area contributed by atoms with E-state index in [4.69, 9.17) is 5.73 Å². The van der Waals surface area contributed by atoms with Gasteiger partial charge in [0.15, 0.2) is 0 Å². The van der Waals surface area contributed by atoms with Crippen LogP contribution in [0.4, 0.5) is 5.69 Å². The standard InChI is InChI=1S/C13H18N2O2/c1-9-8-10(4-5-11(9)15(16)17)12(2,3)13(14)6-7-13/h4-5,8H,6-7,14H2,1-3H3. The molecule has 0 atom stereocenters. The molecule has 1 saturated carbocycles. The average molecular weight is 234 g/mol. The van der Waals surface area contributed by atoms with Crippen LogP contribution in [0.2, 0.25) is 0 Å². The molecule has 0 unspecified atom stereocenters. The number of nitro benzene ring substituents is 1. The van der Waals surface area contributed by atoms with Crippen LogP contribution in [0.15, 0.2) is 18.2 Å². The number of hydrogen-bond donors (Lipinski definition) is 1. The Morgan fingerprint density at radius 2 is 2.00 bits per heavy atom. The van der Waals surface area contributed by atoms with Gasteiger partial charge in [0.25, 0.3) is 5.69 Å². The summed E-state index contributed by atoms with van der Waals surface area (Å²) in [4.78, 5) is 10.4. The predicted molar refractivity (Wildman–Crippen MR) is 67.0 cm³/mol. The second kappa shape index (κ2) is 3.53. The summed E-state index contributed by atoms with van der Waals surface area (Å²) in [5.74, 6) is 0. The molecule has 1 fully saturated rings. The predicted octanol–water partition coefficient (Wildman–Crippen LogP) is 2.67. The SMILES string of the molecule is Cc1cc(C(C)(C)C2(N)CC2)ccc1[N+](=O)[O-]. The monoisotopic (exact) mass is 234 g/mol. The van der Waals surface area contributed by atoms with E-state index in [9.17, 15) is 10.1 Å². The smallest absolute Gasteiger partial charge is 0.272 e. The molecule has 0 amide bonds. The molecule has 0 bridgehead atoms. The molecule has 0 radical (unpaired) electrons. The van der Waals surface area contributed by atoms with Crippen LogP contribution in [0, 0.1) is 17.0 Å². The van der Waals surface area contributed by atoms with E-state index < -0.39 is 0 Å². The molecule has 0 aromatic heterocycles. The van der Waals surface area contributed by atoms with Gasteiger partial charge in [0.2, 0.25) is 0 Å². The lowest BCUT2D eigenvalue weighted by Gasteiger charge is -2.32. The molecule has 2 N–H and O–H groups in total. The number of rotatable bonds is 3. The number of nitrogens with two attached hydrogens (primary N) is 1. The number of aryl methyl sites for hydroxylation is 1. The van der Waals surface area contributed by atoms with Gasteiger partial charge in [0.05, 0.1) is 4.92 Å². The molecule has 1 aromatic carbocycles. The Kier molecular flexibility index (Phi) is 2.51. The van der Waals surface area contributed by atoms with Crippen molar-refractivity contribution in [3.05, 3.63) is 39.4 Å². The van der Waals surface area contributed by atoms with Crippen molar-refractivity contribution in [2.24, 2.45) is 5.73 Å². The van der Waals surface area contributed by atoms with Crippen LogP contribution in [0.1, 0.15) is 37.8 Å². The van der Waals surface area contributed by atoms with Gasteiger partial charge in [-0.15, -0.1) is 0 Å². The zero-order chi connectivity index (χ0) is 12.8. The van der Waals surface area contributed by atoms with Crippen molar-refractivity contribution in [3.8, 4) is 0 Å². The number of nitrogens with zero attached hydrogens (tertiary/aromatic N) is 1. The van der Waals surface area contributed by atoms with Gasteiger partial charge in [-0.05, 0) is 31.4 Å². The minimum Gasteiger partial charge on any atom is -0.324 e. The quantitative estimate of drug-likeness (QED) is 0.645. The normalized spacial score (nSPS) is 17.9. The van der Waals surface area contributed by atoms with Crippen LogP contribution < -0.4 is 5.73 Å². The molecule has 0 saturated heterocycles. The van der Waals surface area contributed by atoms with Gasteiger partial charge in [0.1, 0.15) is 0 Å². The zero-order valence-electron chi connectivity index (χ0n) is 10.5. The molecule has 0 aliphatic heterocycles. The van der Waals surface area contributed by atoms with E-state index in [1.54, 1.807) is 13.0 Å². The Hall–Kier alpha value is -1.42. The fourth-order valence-electron chi connectivity index (χ4n) is 2.30. The van der Waals surface area contributed by atoms with Gasteiger partial charge in [0, 0.05) is 22.6 Å². The molecule has 1 aromatic rings. The van der Waals surface area contributed by atoms with E-state index in [0.717, 1.165) is 18.4 Å². The lowest BCUT2D eigenvalue weighted by molar-refractivity contribution is -0.385. The van der Waals surface area contributed by atoms with Crippen molar-refractivity contribution in [1.82, 2.24) is 0 Å². The van der Waals surface area contributed by atoms with Gasteiger partial charge in [-0.25, -0.2) is 0 Å². The summed E-state index contributed by atoms with van der Waals surface area (Å²) < 4.78 is 0. The Morgan fingerprint density at radius 3 is 2.41 bits per heavy atom. The molecule has 17 heavy (non-hydrogen) atoms. The van der Waals surface area contributed by atoms with Crippen molar-refractivity contribution >= 4 is 5.69 Å². The largest absolute Gasteiger partial charge is 0.324 e. The fraction of sp³-hybridized carbons (Fsp3) is 0.538. The van der Waals surface area contributed by atoms with Gasteiger partial charge in [-0.1, -0.05) is 19.9 Å². The first-order chi connectivity index (χ1) is 7.78. The molecule has 92 valence electrons. The van der Waals surface area contributed by atoms with Crippen molar-refractivity contribution in [2.75, 3.05) is 0 Å². The number of hydrogen-bond acceptors (Lipinski definition) is 3. The third-order valence-electron chi connectivity index (χ3n) is 4.15. The van der Waals surface area contributed by atoms with E-state index in [0.29, 0.717) is 5.56 Å². The first-order valence-electron chi connectivity index (χ1n) is 5.82. The minimum absolute atomic E-state index is 0.132. The number of nitro groups is 1. The first kappa shape index (κ1) is 12.0. The third-order valence-corrected chi connectivity index (χ3v) is 4.15. The molecule has 2 rings (SSSR count). The highest BCUT2D eigenvalue weighted by molar-refractivity contribution is 5.45. The van der Waals surface area contributed by atoms with E-state index in [-0.39, 0.29) is 21.6 Å². The van der Waals surface area contributed by atoms with Crippen LogP contribution >= 0.6 is 0 Å². The summed E-state index contributed by atoms with van der Waals surface area (Å²) in [6, 6.07) is 5.31. The van der Waals surface area contributed by atoms with Gasteiger partial charge < -0.3 is 5.73 Å². The topological polar surface area (TPSA) is 69.2 Å². The Balaban J connectivity index is 2.41. The van der Waals surface area contributed by atoms with Crippen molar-refractivity contribution in [3.63, 3.8) is 0 Å². The summed E-state index contributed by atoms with van der Waals surface area (Å²) in [7, 11) is 0. The van der Waals surface area contributed by atoms with Crippen LogP contribution in [-0.4, -0.2) is 10.5 Å². The minimum atomic E-state index is -0.346. The summed E-state index contributed by atoms with van der Waals surface area (Å²) >= 11 is 0. The highest BCUT2D eigenvalue weighted by Crippen LogP contribution is 2.49. The molecule has 0 spiro atoms. The van der Waals surface area contributed by atoms with Gasteiger partial charge in [-0.3, -0.25) is 10.1 Å². The van der Waals surface area contributed by atoms with Crippen molar-refractivity contribution in [2.45, 2.75) is 44.6 Å². The summed E-state index contributed by atoms with van der Waals surface area (Å²) in [6.07, 6.45) is 2.05. The maximum Gasteiger partial charge on any atom is 0.272 e. The lowest BCUT2D eigenvalue weighted by atomic mass is 9.75. The van der Waals surface area contributed by atoms with Crippen LogP contribution in [0.25, 0.3) is 0 Å². The Labute approximate surface area is 101 Å². The van der Waals surface area contributed by atoms with Crippen LogP contribution in [0.5, 0.6) is 0 Å². The Bertz CT molecular complexity index is 476. The molecule has 4 heteroatoms. The van der Waals surface area contributed by atoms with Crippen molar-refractivity contribution < 1.29 is 4.92 Å². The highest BCUT2D eigenvalue weighted by Gasteiger charge is 2.51.